The van der Waals surface area contributed by atoms with Crippen LogP contribution in [0.2, 0.25) is 0 Å². The highest BCUT2D eigenvalue weighted by Gasteiger charge is 2.21. The van der Waals surface area contributed by atoms with Gasteiger partial charge in [0.2, 0.25) is 0 Å². The van der Waals surface area contributed by atoms with Crippen molar-refractivity contribution in [2.75, 3.05) is 33.4 Å². The molecule has 2 aromatic rings. The number of ether oxygens (including phenoxy) is 3. The Morgan fingerprint density at radius 1 is 1.04 bits per heavy atom. The van der Waals surface area contributed by atoms with Crippen LogP contribution >= 0.6 is 0 Å². The van der Waals surface area contributed by atoms with E-state index in [4.69, 9.17) is 14.2 Å². The molecule has 0 bridgehead atoms. The maximum absolute atomic E-state index is 5.98. The second-order valence-electron chi connectivity index (χ2n) is 5.77. The van der Waals surface area contributed by atoms with Gasteiger partial charge < -0.3 is 19.1 Å². The zero-order valence-electron chi connectivity index (χ0n) is 13.5. The summed E-state index contributed by atoms with van der Waals surface area (Å²) in [5.74, 6) is 2.60. The van der Waals surface area contributed by atoms with E-state index in [2.05, 4.69) is 11.9 Å². The van der Waals surface area contributed by atoms with Gasteiger partial charge in [-0.15, -0.1) is 0 Å². The van der Waals surface area contributed by atoms with E-state index in [0.717, 1.165) is 43.4 Å². The minimum absolute atomic E-state index is 0.0740. The highest BCUT2D eigenvalue weighted by Crippen LogP contribution is 2.30. The molecule has 0 fully saturated rings. The van der Waals surface area contributed by atoms with Gasteiger partial charge in [0.1, 0.15) is 18.5 Å². The van der Waals surface area contributed by atoms with Crippen LogP contribution in [0, 0.1) is 0 Å². The van der Waals surface area contributed by atoms with Gasteiger partial charge >= 0.3 is 0 Å². The number of likely N-dealkylation sites (N-methyl/N-ethyl adjacent to an activating group) is 1. The number of para-hydroxylation sites is 3. The molecule has 0 N–H and O–H groups in total. The first-order chi connectivity index (χ1) is 11.3. The fourth-order valence-corrected chi connectivity index (χ4v) is 2.63. The Balaban J connectivity index is 1.36. The van der Waals surface area contributed by atoms with Crippen molar-refractivity contribution >= 4 is 0 Å². The van der Waals surface area contributed by atoms with Gasteiger partial charge in [-0.1, -0.05) is 30.3 Å². The normalized spacial score (nSPS) is 16.3. The van der Waals surface area contributed by atoms with Gasteiger partial charge in [0.05, 0.1) is 6.61 Å². The zero-order chi connectivity index (χ0) is 15.9. The SMILES string of the molecule is CN(CCCOc1ccccc1)C[C@H]1COc2ccccc2O1. The van der Waals surface area contributed by atoms with E-state index in [0.29, 0.717) is 6.61 Å². The molecule has 4 heteroatoms. The molecular weight excluding hydrogens is 290 g/mol. The number of nitrogens with zero attached hydrogens (tertiary/aromatic N) is 1. The van der Waals surface area contributed by atoms with Gasteiger partial charge in [-0.05, 0) is 37.7 Å². The van der Waals surface area contributed by atoms with Gasteiger partial charge in [0.15, 0.2) is 11.5 Å². The fraction of sp³-hybridized carbons (Fsp3) is 0.368. The molecule has 0 radical (unpaired) electrons. The van der Waals surface area contributed by atoms with Crippen LogP contribution in [0.1, 0.15) is 6.42 Å². The van der Waals surface area contributed by atoms with Crippen molar-refractivity contribution in [3.05, 3.63) is 54.6 Å². The van der Waals surface area contributed by atoms with E-state index in [1.54, 1.807) is 0 Å². The van der Waals surface area contributed by atoms with E-state index in [1.807, 2.05) is 54.6 Å². The lowest BCUT2D eigenvalue weighted by atomic mass is 10.2. The summed E-state index contributed by atoms with van der Waals surface area (Å²) in [5.41, 5.74) is 0. The van der Waals surface area contributed by atoms with Crippen molar-refractivity contribution in [1.29, 1.82) is 0 Å². The standard InChI is InChI=1S/C19H23NO3/c1-20(12-7-13-21-16-8-3-2-4-9-16)14-17-15-22-18-10-5-6-11-19(18)23-17/h2-6,8-11,17H,7,12-15H2,1H3/t17-/m0/s1. The van der Waals surface area contributed by atoms with Gasteiger partial charge in [-0.25, -0.2) is 0 Å². The third kappa shape index (κ3) is 4.63. The average molecular weight is 313 g/mol. The summed E-state index contributed by atoms with van der Waals surface area (Å²) in [4.78, 5) is 2.26. The monoisotopic (exact) mass is 313 g/mol. The van der Waals surface area contributed by atoms with Crippen LogP contribution in [0.5, 0.6) is 17.2 Å². The van der Waals surface area contributed by atoms with E-state index in [1.165, 1.54) is 0 Å². The summed E-state index contributed by atoms with van der Waals surface area (Å²) in [6.45, 7) is 3.13. The molecule has 1 aliphatic rings. The summed E-state index contributed by atoms with van der Waals surface area (Å²) < 4.78 is 17.4. The molecule has 1 aliphatic heterocycles. The topological polar surface area (TPSA) is 30.9 Å². The Labute approximate surface area is 137 Å². The predicted molar refractivity (Wildman–Crippen MR) is 90.4 cm³/mol. The van der Waals surface area contributed by atoms with Crippen LogP contribution < -0.4 is 14.2 Å². The Morgan fingerprint density at radius 3 is 2.61 bits per heavy atom. The first-order valence-electron chi connectivity index (χ1n) is 8.06. The Hall–Kier alpha value is -2.20. The molecular formula is C19H23NO3. The van der Waals surface area contributed by atoms with Crippen LogP contribution in [0.25, 0.3) is 0 Å². The predicted octanol–water partition coefficient (Wildman–Crippen LogP) is 3.23. The lowest BCUT2D eigenvalue weighted by molar-refractivity contribution is 0.0643. The molecule has 23 heavy (non-hydrogen) atoms. The third-order valence-electron chi connectivity index (χ3n) is 3.78. The lowest BCUT2D eigenvalue weighted by Gasteiger charge is -2.29. The second kappa shape index (κ2) is 7.88. The molecule has 2 aromatic carbocycles. The van der Waals surface area contributed by atoms with Crippen molar-refractivity contribution < 1.29 is 14.2 Å². The molecule has 0 aromatic heterocycles. The van der Waals surface area contributed by atoms with Crippen LogP contribution in [0.3, 0.4) is 0 Å². The number of benzene rings is 2. The maximum atomic E-state index is 5.98. The first kappa shape index (κ1) is 15.7. The molecule has 0 saturated heterocycles. The Bertz CT molecular complexity index is 603. The number of fused-ring (bicyclic) bond motifs is 1. The van der Waals surface area contributed by atoms with Crippen molar-refractivity contribution in [1.82, 2.24) is 4.90 Å². The molecule has 122 valence electrons. The summed E-state index contributed by atoms with van der Waals surface area (Å²) in [5, 5.41) is 0. The smallest absolute Gasteiger partial charge is 0.161 e. The number of hydrogen-bond acceptors (Lipinski definition) is 4. The van der Waals surface area contributed by atoms with Crippen molar-refractivity contribution in [2.24, 2.45) is 0 Å². The largest absolute Gasteiger partial charge is 0.494 e. The fourth-order valence-electron chi connectivity index (χ4n) is 2.63. The molecule has 4 nitrogen and oxygen atoms in total. The highest BCUT2D eigenvalue weighted by atomic mass is 16.6. The van der Waals surface area contributed by atoms with Crippen LogP contribution in [0.4, 0.5) is 0 Å². The zero-order valence-corrected chi connectivity index (χ0v) is 13.5. The molecule has 0 amide bonds. The van der Waals surface area contributed by atoms with E-state index < -0.39 is 0 Å². The minimum atomic E-state index is 0.0740. The maximum Gasteiger partial charge on any atom is 0.161 e. The molecule has 0 unspecified atom stereocenters. The molecule has 3 rings (SSSR count). The summed E-state index contributed by atoms with van der Waals surface area (Å²) in [7, 11) is 2.10. The molecule has 1 heterocycles. The van der Waals surface area contributed by atoms with Crippen molar-refractivity contribution in [2.45, 2.75) is 12.5 Å². The second-order valence-corrected chi connectivity index (χ2v) is 5.77. The summed E-state index contributed by atoms with van der Waals surface area (Å²) >= 11 is 0. The minimum Gasteiger partial charge on any atom is -0.494 e. The van der Waals surface area contributed by atoms with Gasteiger partial charge in [-0.2, -0.15) is 0 Å². The number of hydrogen-bond donors (Lipinski definition) is 0. The van der Waals surface area contributed by atoms with Crippen molar-refractivity contribution in [3.63, 3.8) is 0 Å². The van der Waals surface area contributed by atoms with E-state index in [9.17, 15) is 0 Å². The van der Waals surface area contributed by atoms with Gasteiger partial charge in [-0.3, -0.25) is 0 Å². The third-order valence-corrected chi connectivity index (χ3v) is 3.78. The molecule has 0 saturated carbocycles. The molecule has 1 atom stereocenters. The summed E-state index contributed by atoms with van der Waals surface area (Å²) in [6, 6.07) is 17.7. The Morgan fingerprint density at radius 2 is 1.78 bits per heavy atom. The van der Waals surface area contributed by atoms with E-state index >= 15 is 0 Å². The van der Waals surface area contributed by atoms with E-state index in [-0.39, 0.29) is 6.10 Å². The van der Waals surface area contributed by atoms with Crippen LogP contribution in [-0.4, -0.2) is 44.4 Å². The van der Waals surface area contributed by atoms with Gasteiger partial charge in [0.25, 0.3) is 0 Å². The van der Waals surface area contributed by atoms with Gasteiger partial charge in [0, 0.05) is 13.1 Å². The molecule has 0 spiro atoms. The highest BCUT2D eigenvalue weighted by molar-refractivity contribution is 5.40. The lowest BCUT2D eigenvalue weighted by Crippen LogP contribution is -2.39. The quantitative estimate of drug-likeness (QED) is 0.734. The van der Waals surface area contributed by atoms with Crippen LogP contribution in [-0.2, 0) is 0 Å². The molecule has 0 aliphatic carbocycles. The summed E-state index contributed by atoms with van der Waals surface area (Å²) in [6.07, 6.45) is 1.06. The number of rotatable bonds is 7. The van der Waals surface area contributed by atoms with Crippen LogP contribution in [0.15, 0.2) is 54.6 Å². The van der Waals surface area contributed by atoms with Crippen molar-refractivity contribution in [3.8, 4) is 17.2 Å². The average Bonchev–Trinajstić information content (AvgIpc) is 2.59. The first-order valence-corrected chi connectivity index (χ1v) is 8.06. The Kier molecular flexibility index (Phi) is 5.37.